The summed E-state index contributed by atoms with van der Waals surface area (Å²) in [4.78, 5) is 23.7. The summed E-state index contributed by atoms with van der Waals surface area (Å²) in [6, 6.07) is 0. The van der Waals surface area contributed by atoms with Gasteiger partial charge in [0.25, 0.3) is 5.91 Å². The standard InChI is InChI=1S/C19H29N7O3S/c1-12-15(13(2)25(5)23-12)9-20-18(27)16-10-21-19(24(3)4)22-17(16)14-7-8-26(11-14)30(6,28)29/h10,14H,7-9,11H2,1-6H3,(H,20,27). The second-order valence-electron chi connectivity index (χ2n) is 7.93. The van der Waals surface area contributed by atoms with Gasteiger partial charge >= 0.3 is 0 Å². The summed E-state index contributed by atoms with van der Waals surface area (Å²) in [5.41, 5.74) is 3.79. The number of nitrogens with zero attached hydrogens (tertiary/aromatic N) is 6. The van der Waals surface area contributed by atoms with Crippen molar-refractivity contribution in [2.45, 2.75) is 32.7 Å². The van der Waals surface area contributed by atoms with E-state index in [2.05, 4.69) is 20.4 Å². The van der Waals surface area contributed by atoms with Gasteiger partial charge in [-0.2, -0.15) is 5.10 Å². The van der Waals surface area contributed by atoms with Crippen molar-refractivity contribution in [2.24, 2.45) is 7.05 Å². The summed E-state index contributed by atoms with van der Waals surface area (Å²) >= 11 is 0. The van der Waals surface area contributed by atoms with Crippen LogP contribution < -0.4 is 10.2 Å². The molecule has 0 bridgehead atoms. The Balaban J connectivity index is 1.87. The van der Waals surface area contributed by atoms with Crippen LogP contribution in [0, 0.1) is 13.8 Å². The van der Waals surface area contributed by atoms with Crippen molar-refractivity contribution in [2.75, 3.05) is 38.3 Å². The molecule has 0 saturated carbocycles. The van der Waals surface area contributed by atoms with Crippen LogP contribution >= 0.6 is 0 Å². The van der Waals surface area contributed by atoms with E-state index in [0.717, 1.165) is 17.0 Å². The number of amides is 1. The van der Waals surface area contributed by atoms with E-state index in [1.165, 1.54) is 16.8 Å². The largest absolute Gasteiger partial charge is 0.348 e. The molecule has 2 aromatic heterocycles. The van der Waals surface area contributed by atoms with Crippen LogP contribution in [0.1, 0.15) is 45.3 Å². The van der Waals surface area contributed by atoms with Gasteiger partial charge in [0.05, 0.1) is 23.2 Å². The van der Waals surface area contributed by atoms with Crippen LogP contribution in [0.3, 0.4) is 0 Å². The topological polar surface area (TPSA) is 113 Å². The molecule has 1 unspecified atom stereocenters. The van der Waals surface area contributed by atoms with Gasteiger partial charge in [-0.1, -0.05) is 0 Å². The number of carbonyl (C=O) groups is 1. The molecule has 2 aromatic rings. The smallest absolute Gasteiger partial charge is 0.254 e. The van der Waals surface area contributed by atoms with Crippen molar-refractivity contribution in [3.8, 4) is 0 Å². The summed E-state index contributed by atoms with van der Waals surface area (Å²) < 4.78 is 27.1. The maximum absolute atomic E-state index is 13.0. The SMILES string of the molecule is Cc1nn(C)c(C)c1CNC(=O)c1cnc(N(C)C)nc1C1CCN(S(C)(=O)=O)C1. The molecule has 3 heterocycles. The molecule has 1 atom stereocenters. The highest BCUT2D eigenvalue weighted by molar-refractivity contribution is 7.88. The van der Waals surface area contributed by atoms with Crippen LogP contribution in [0.4, 0.5) is 5.95 Å². The summed E-state index contributed by atoms with van der Waals surface area (Å²) in [5.74, 6) is 0.0399. The molecule has 1 aliphatic rings. The van der Waals surface area contributed by atoms with Gasteiger partial charge < -0.3 is 10.2 Å². The van der Waals surface area contributed by atoms with E-state index < -0.39 is 10.0 Å². The van der Waals surface area contributed by atoms with Crippen LogP contribution in [-0.2, 0) is 23.6 Å². The molecule has 30 heavy (non-hydrogen) atoms. The van der Waals surface area contributed by atoms with Gasteiger partial charge in [-0.05, 0) is 20.3 Å². The molecule has 11 heteroatoms. The lowest BCUT2D eigenvalue weighted by atomic mass is 9.99. The number of hydrogen-bond donors (Lipinski definition) is 1. The fourth-order valence-corrected chi connectivity index (χ4v) is 4.56. The second kappa shape index (κ2) is 8.31. The summed E-state index contributed by atoms with van der Waals surface area (Å²) in [6.45, 7) is 4.94. The van der Waals surface area contributed by atoms with Crippen LogP contribution in [0.15, 0.2) is 6.20 Å². The first kappa shape index (κ1) is 22.2. The number of rotatable bonds is 6. The van der Waals surface area contributed by atoms with E-state index in [9.17, 15) is 13.2 Å². The molecule has 10 nitrogen and oxygen atoms in total. The number of hydrogen-bond acceptors (Lipinski definition) is 7. The lowest BCUT2D eigenvalue weighted by molar-refractivity contribution is 0.0948. The van der Waals surface area contributed by atoms with Crippen LogP contribution in [0.5, 0.6) is 0 Å². The number of anilines is 1. The van der Waals surface area contributed by atoms with Crippen molar-refractivity contribution in [3.05, 3.63) is 34.4 Å². The van der Waals surface area contributed by atoms with Gasteiger partial charge in [0.2, 0.25) is 16.0 Å². The van der Waals surface area contributed by atoms with Crippen LogP contribution in [0.25, 0.3) is 0 Å². The molecule has 164 valence electrons. The maximum atomic E-state index is 13.0. The fourth-order valence-electron chi connectivity index (χ4n) is 3.68. The van der Waals surface area contributed by atoms with Crippen molar-refractivity contribution in [3.63, 3.8) is 0 Å². The Morgan fingerprint density at radius 2 is 2.03 bits per heavy atom. The highest BCUT2D eigenvalue weighted by atomic mass is 32.2. The van der Waals surface area contributed by atoms with Gasteiger partial charge in [0, 0.05) is 64.1 Å². The molecule has 3 rings (SSSR count). The lowest BCUT2D eigenvalue weighted by Crippen LogP contribution is -2.29. The number of sulfonamides is 1. The minimum atomic E-state index is -3.29. The molecular formula is C19H29N7O3S. The van der Waals surface area contributed by atoms with E-state index >= 15 is 0 Å². The second-order valence-corrected chi connectivity index (χ2v) is 9.91. The zero-order chi connectivity index (χ0) is 22.2. The average Bonchev–Trinajstić information content (AvgIpc) is 3.25. The van der Waals surface area contributed by atoms with E-state index in [1.807, 2.05) is 35.0 Å². The van der Waals surface area contributed by atoms with Gasteiger partial charge in [-0.25, -0.2) is 22.7 Å². The fraction of sp³-hybridized carbons (Fsp3) is 0.579. The Bertz CT molecular complexity index is 1060. The van der Waals surface area contributed by atoms with Crippen LogP contribution in [-0.4, -0.2) is 71.8 Å². The predicted octanol–water partition coefficient (Wildman–Crippen LogP) is 0.572. The molecule has 0 aromatic carbocycles. The van der Waals surface area contributed by atoms with E-state index in [1.54, 1.807) is 9.58 Å². The molecule has 1 fully saturated rings. The summed E-state index contributed by atoms with van der Waals surface area (Å²) in [7, 11) is 2.23. The molecule has 0 aliphatic carbocycles. The highest BCUT2D eigenvalue weighted by Crippen LogP contribution is 2.30. The molecule has 1 amide bonds. The Morgan fingerprint density at radius 1 is 1.33 bits per heavy atom. The molecule has 1 N–H and O–H groups in total. The number of aryl methyl sites for hydroxylation is 2. The number of nitrogens with one attached hydrogen (secondary N) is 1. The number of carbonyl (C=O) groups excluding carboxylic acids is 1. The lowest BCUT2D eigenvalue weighted by Gasteiger charge is -2.18. The minimum Gasteiger partial charge on any atom is -0.348 e. The van der Waals surface area contributed by atoms with Crippen molar-refractivity contribution in [1.82, 2.24) is 29.4 Å². The van der Waals surface area contributed by atoms with Gasteiger partial charge in [-0.15, -0.1) is 0 Å². The Morgan fingerprint density at radius 3 is 2.57 bits per heavy atom. The maximum Gasteiger partial charge on any atom is 0.254 e. The first-order valence-electron chi connectivity index (χ1n) is 9.75. The summed E-state index contributed by atoms with van der Waals surface area (Å²) in [6.07, 6.45) is 3.34. The molecule has 1 aliphatic heterocycles. The van der Waals surface area contributed by atoms with Gasteiger partial charge in [0.15, 0.2) is 0 Å². The molecular weight excluding hydrogens is 406 g/mol. The average molecular weight is 436 g/mol. The van der Waals surface area contributed by atoms with Crippen molar-refractivity contribution >= 4 is 21.9 Å². The third-order valence-electron chi connectivity index (χ3n) is 5.54. The van der Waals surface area contributed by atoms with Crippen LogP contribution in [0.2, 0.25) is 0 Å². The molecule has 0 radical (unpaired) electrons. The third-order valence-corrected chi connectivity index (χ3v) is 6.81. The monoisotopic (exact) mass is 435 g/mol. The minimum absolute atomic E-state index is 0.163. The highest BCUT2D eigenvalue weighted by Gasteiger charge is 2.33. The third kappa shape index (κ3) is 4.46. The molecule has 0 spiro atoms. The Labute approximate surface area is 177 Å². The Kier molecular flexibility index (Phi) is 6.14. The predicted molar refractivity (Wildman–Crippen MR) is 114 cm³/mol. The quantitative estimate of drug-likeness (QED) is 0.706. The van der Waals surface area contributed by atoms with E-state index in [-0.39, 0.29) is 11.8 Å². The van der Waals surface area contributed by atoms with E-state index in [0.29, 0.717) is 43.3 Å². The first-order chi connectivity index (χ1) is 14.0. The summed E-state index contributed by atoms with van der Waals surface area (Å²) in [5, 5.41) is 7.32. The Hall–Kier alpha value is -2.53. The first-order valence-corrected chi connectivity index (χ1v) is 11.6. The van der Waals surface area contributed by atoms with Gasteiger partial charge in [-0.3, -0.25) is 9.48 Å². The van der Waals surface area contributed by atoms with Gasteiger partial charge in [0.1, 0.15) is 0 Å². The zero-order valence-electron chi connectivity index (χ0n) is 18.3. The molecule has 1 saturated heterocycles. The van der Waals surface area contributed by atoms with Crippen molar-refractivity contribution in [1.29, 1.82) is 0 Å². The zero-order valence-corrected chi connectivity index (χ0v) is 19.1. The van der Waals surface area contributed by atoms with Crippen molar-refractivity contribution < 1.29 is 13.2 Å². The number of aromatic nitrogens is 4. The normalized spacial score (nSPS) is 17.3. The van der Waals surface area contributed by atoms with E-state index in [4.69, 9.17) is 0 Å².